The third kappa shape index (κ3) is 3.37. The number of amides is 1. The molecular weight excluding hydrogens is 344 g/mol. The fourth-order valence-electron chi connectivity index (χ4n) is 3.01. The lowest BCUT2D eigenvalue weighted by atomic mass is 10.0. The number of aromatic nitrogens is 3. The number of sulfone groups is 1. The highest BCUT2D eigenvalue weighted by Crippen LogP contribution is 2.25. The first-order valence-electron chi connectivity index (χ1n) is 7.83. The largest absolute Gasteiger partial charge is 0.494 e. The predicted octanol–water partition coefficient (Wildman–Crippen LogP) is 0.891. The number of para-hydroxylation sites is 2. The van der Waals surface area contributed by atoms with E-state index in [9.17, 15) is 13.2 Å². The fourth-order valence-corrected chi connectivity index (χ4v) is 5.11. The topological polar surface area (TPSA) is 103 Å². The van der Waals surface area contributed by atoms with Gasteiger partial charge in [-0.15, -0.1) is 5.10 Å². The molecule has 1 saturated heterocycles. The van der Waals surface area contributed by atoms with E-state index < -0.39 is 21.3 Å². The second kappa shape index (κ2) is 6.14. The number of methoxy groups -OCH3 is 1. The Morgan fingerprint density at radius 2 is 2.08 bits per heavy atom. The van der Waals surface area contributed by atoms with Gasteiger partial charge < -0.3 is 10.1 Å². The number of nitrogens with one attached hydrogen (secondary N) is 1. The summed E-state index contributed by atoms with van der Waals surface area (Å²) in [5.74, 6) is 0.191. The van der Waals surface area contributed by atoms with Crippen LogP contribution in [0.5, 0.6) is 5.75 Å². The number of carbonyl (C=O) groups excluding carboxylic acids is 1. The molecule has 0 spiro atoms. The summed E-state index contributed by atoms with van der Waals surface area (Å²) in [6, 6.07) is 7.28. The van der Waals surface area contributed by atoms with Crippen molar-refractivity contribution in [1.82, 2.24) is 20.3 Å². The van der Waals surface area contributed by atoms with E-state index in [4.69, 9.17) is 4.74 Å². The molecule has 2 heterocycles. The van der Waals surface area contributed by atoms with E-state index in [1.54, 1.807) is 27.0 Å². The number of hydrogen-bond acceptors (Lipinski definition) is 6. The van der Waals surface area contributed by atoms with Gasteiger partial charge in [-0.3, -0.25) is 4.79 Å². The molecule has 1 unspecified atom stereocenters. The Labute approximate surface area is 146 Å². The van der Waals surface area contributed by atoms with E-state index in [1.165, 1.54) is 4.68 Å². The third-order valence-corrected chi connectivity index (χ3v) is 6.24. The highest BCUT2D eigenvalue weighted by atomic mass is 32.2. The van der Waals surface area contributed by atoms with Crippen LogP contribution < -0.4 is 10.1 Å². The molecule has 1 fully saturated rings. The highest BCUT2D eigenvalue weighted by molar-refractivity contribution is 7.91. The molecule has 1 amide bonds. The first-order chi connectivity index (χ1) is 11.7. The molecule has 9 heteroatoms. The number of nitrogens with zero attached hydrogens (tertiary/aromatic N) is 3. The van der Waals surface area contributed by atoms with E-state index in [2.05, 4.69) is 15.6 Å². The van der Waals surface area contributed by atoms with Crippen molar-refractivity contribution in [3.63, 3.8) is 0 Å². The summed E-state index contributed by atoms with van der Waals surface area (Å²) in [4.78, 5) is 12.6. The van der Waals surface area contributed by atoms with Gasteiger partial charge in [0, 0.05) is 0 Å². The molecule has 1 aromatic carbocycles. The van der Waals surface area contributed by atoms with Crippen molar-refractivity contribution in [2.45, 2.75) is 25.8 Å². The zero-order valence-corrected chi connectivity index (χ0v) is 15.1. The summed E-state index contributed by atoms with van der Waals surface area (Å²) < 4.78 is 30.2. The molecule has 0 saturated carbocycles. The SMILES string of the molecule is COc1ccccc1-n1nnc(C(=O)NC2(C)CCS(=O)(=O)C2)c1C. The van der Waals surface area contributed by atoms with Crippen LogP contribution in [-0.2, 0) is 9.84 Å². The molecule has 8 nitrogen and oxygen atoms in total. The van der Waals surface area contributed by atoms with Crippen molar-refractivity contribution in [3.05, 3.63) is 35.7 Å². The molecule has 3 rings (SSSR count). The number of benzene rings is 1. The molecule has 1 atom stereocenters. The van der Waals surface area contributed by atoms with Crippen molar-refractivity contribution >= 4 is 15.7 Å². The molecule has 2 aromatic rings. The number of rotatable bonds is 4. The van der Waals surface area contributed by atoms with Crippen LogP contribution in [0.2, 0.25) is 0 Å². The lowest BCUT2D eigenvalue weighted by Crippen LogP contribution is -2.47. The van der Waals surface area contributed by atoms with E-state index in [1.807, 2.05) is 18.2 Å². The first-order valence-corrected chi connectivity index (χ1v) is 9.65. The number of carbonyl (C=O) groups is 1. The van der Waals surface area contributed by atoms with Crippen LogP contribution >= 0.6 is 0 Å². The minimum absolute atomic E-state index is 0.0641. The number of hydrogen-bond donors (Lipinski definition) is 1. The van der Waals surface area contributed by atoms with Crippen molar-refractivity contribution in [2.75, 3.05) is 18.6 Å². The Bertz CT molecular complexity index is 922. The quantitative estimate of drug-likeness (QED) is 0.864. The summed E-state index contributed by atoms with van der Waals surface area (Å²) >= 11 is 0. The van der Waals surface area contributed by atoms with Crippen LogP contribution in [0.15, 0.2) is 24.3 Å². The average molecular weight is 364 g/mol. The summed E-state index contributed by atoms with van der Waals surface area (Å²) in [6.07, 6.45) is 0.390. The molecule has 1 aromatic heterocycles. The fraction of sp³-hybridized carbons (Fsp3) is 0.438. The standard InChI is InChI=1S/C16H20N4O4S/c1-11-14(15(21)17-16(2)8-9-25(22,23)10-16)18-19-20(11)12-6-4-5-7-13(12)24-3/h4-7H,8-10H2,1-3H3,(H,17,21). The maximum Gasteiger partial charge on any atom is 0.274 e. The third-order valence-electron chi connectivity index (χ3n) is 4.34. The molecule has 0 radical (unpaired) electrons. The Balaban J connectivity index is 1.87. The maximum absolute atomic E-state index is 12.6. The van der Waals surface area contributed by atoms with Gasteiger partial charge in [-0.25, -0.2) is 13.1 Å². The van der Waals surface area contributed by atoms with E-state index in [0.717, 1.165) is 0 Å². The first kappa shape index (κ1) is 17.4. The Hall–Kier alpha value is -2.42. The van der Waals surface area contributed by atoms with Gasteiger partial charge in [0.05, 0.1) is 29.8 Å². The van der Waals surface area contributed by atoms with Gasteiger partial charge in [-0.2, -0.15) is 0 Å². The lowest BCUT2D eigenvalue weighted by Gasteiger charge is -2.23. The Morgan fingerprint density at radius 3 is 2.72 bits per heavy atom. The zero-order chi connectivity index (χ0) is 18.2. The number of ether oxygens (including phenoxy) is 1. The highest BCUT2D eigenvalue weighted by Gasteiger charge is 2.40. The van der Waals surface area contributed by atoms with Crippen molar-refractivity contribution in [3.8, 4) is 11.4 Å². The van der Waals surface area contributed by atoms with Crippen molar-refractivity contribution in [1.29, 1.82) is 0 Å². The van der Waals surface area contributed by atoms with Gasteiger partial charge in [-0.1, -0.05) is 17.3 Å². The summed E-state index contributed by atoms with van der Waals surface area (Å²) in [5.41, 5.74) is 0.600. The van der Waals surface area contributed by atoms with Gasteiger partial charge in [0.15, 0.2) is 15.5 Å². The van der Waals surface area contributed by atoms with Crippen molar-refractivity contribution in [2.24, 2.45) is 0 Å². The summed E-state index contributed by atoms with van der Waals surface area (Å²) in [5, 5.41) is 10.8. The summed E-state index contributed by atoms with van der Waals surface area (Å²) in [7, 11) is -1.56. The minimum Gasteiger partial charge on any atom is -0.494 e. The molecule has 1 aliphatic rings. The average Bonchev–Trinajstić information content (AvgIpc) is 3.06. The second-order valence-electron chi connectivity index (χ2n) is 6.46. The van der Waals surface area contributed by atoms with Gasteiger partial charge in [0.2, 0.25) is 0 Å². The predicted molar refractivity (Wildman–Crippen MR) is 91.8 cm³/mol. The van der Waals surface area contributed by atoms with Crippen LogP contribution in [0.1, 0.15) is 29.5 Å². The molecule has 0 bridgehead atoms. The molecule has 0 aliphatic carbocycles. The minimum atomic E-state index is -3.11. The van der Waals surface area contributed by atoms with Gasteiger partial charge in [-0.05, 0) is 32.4 Å². The van der Waals surface area contributed by atoms with Crippen LogP contribution in [0.3, 0.4) is 0 Å². The Morgan fingerprint density at radius 1 is 1.36 bits per heavy atom. The molecule has 134 valence electrons. The van der Waals surface area contributed by atoms with Gasteiger partial charge in [0.1, 0.15) is 11.4 Å². The normalized spacial score (nSPS) is 21.9. The smallest absolute Gasteiger partial charge is 0.274 e. The zero-order valence-electron chi connectivity index (χ0n) is 14.3. The van der Waals surface area contributed by atoms with Crippen LogP contribution in [-0.4, -0.2) is 53.5 Å². The molecule has 1 aliphatic heterocycles. The monoisotopic (exact) mass is 364 g/mol. The summed E-state index contributed by atoms with van der Waals surface area (Å²) in [6.45, 7) is 3.46. The second-order valence-corrected chi connectivity index (χ2v) is 8.65. The molecule has 25 heavy (non-hydrogen) atoms. The van der Waals surface area contributed by atoms with Gasteiger partial charge >= 0.3 is 0 Å². The van der Waals surface area contributed by atoms with Crippen LogP contribution in [0, 0.1) is 6.92 Å². The van der Waals surface area contributed by atoms with E-state index in [-0.39, 0.29) is 17.2 Å². The van der Waals surface area contributed by atoms with Crippen LogP contribution in [0.25, 0.3) is 5.69 Å². The van der Waals surface area contributed by atoms with Gasteiger partial charge in [0.25, 0.3) is 5.91 Å². The van der Waals surface area contributed by atoms with E-state index in [0.29, 0.717) is 23.6 Å². The molecule has 1 N–H and O–H groups in total. The van der Waals surface area contributed by atoms with Crippen molar-refractivity contribution < 1.29 is 17.9 Å². The lowest BCUT2D eigenvalue weighted by molar-refractivity contribution is 0.0909. The maximum atomic E-state index is 12.6. The Kier molecular flexibility index (Phi) is 4.28. The van der Waals surface area contributed by atoms with Crippen LogP contribution in [0.4, 0.5) is 0 Å². The molecular formula is C16H20N4O4S. The van der Waals surface area contributed by atoms with E-state index >= 15 is 0 Å².